The first-order valence-corrected chi connectivity index (χ1v) is 6.05. The largest absolute Gasteiger partial charge is 0.383 e. The van der Waals surface area contributed by atoms with Gasteiger partial charge in [-0.3, -0.25) is 4.57 Å². The van der Waals surface area contributed by atoms with Crippen LogP contribution in [0, 0.1) is 13.8 Å². The number of benzene rings is 1. The molecule has 0 atom stereocenters. The first kappa shape index (κ1) is 11.5. The third-order valence-electron chi connectivity index (χ3n) is 3.41. The molecule has 0 unspecified atom stereocenters. The van der Waals surface area contributed by atoms with Crippen molar-refractivity contribution < 1.29 is 0 Å². The number of para-hydroxylation sites is 1. The molecular weight excluding hydrogens is 238 g/mol. The van der Waals surface area contributed by atoms with Crippen LogP contribution in [0.4, 0.5) is 11.8 Å². The highest BCUT2D eigenvalue weighted by Gasteiger charge is 2.17. The van der Waals surface area contributed by atoms with Crippen molar-refractivity contribution in [2.75, 3.05) is 11.5 Å². The maximum absolute atomic E-state index is 5.97. The van der Waals surface area contributed by atoms with Crippen LogP contribution in [0.5, 0.6) is 0 Å². The minimum Gasteiger partial charge on any atom is -0.383 e. The van der Waals surface area contributed by atoms with Crippen molar-refractivity contribution in [2.24, 2.45) is 0 Å². The van der Waals surface area contributed by atoms with Crippen LogP contribution in [0.2, 0.25) is 0 Å². The average molecular weight is 253 g/mol. The van der Waals surface area contributed by atoms with E-state index in [2.05, 4.69) is 14.5 Å². The first-order valence-electron chi connectivity index (χ1n) is 6.05. The summed E-state index contributed by atoms with van der Waals surface area (Å²) in [7, 11) is 0. The number of nitrogens with two attached hydrogens (primary N) is 2. The SMILES string of the molecule is Cc1c(C)n(-c2ccccc2)c2nc(N)nc(N)c12. The average Bonchev–Trinajstić information content (AvgIpc) is 2.63. The number of nitrogen functional groups attached to an aromatic ring is 2. The predicted molar refractivity (Wildman–Crippen MR) is 77.2 cm³/mol. The summed E-state index contributed by atoms with van der Waals surface area (Å²) in [4.78, 5) is 8.39. The molecule has 0 spiro atoms. The molecule has 0 aliphatic rings. The van der Waals surface area contributed by atoms with Crippen LogP contribution in [-0.2, 0) is 0 Å². The van der Waals surface area contributed by atoms with Crippen molar-refractivity contribution in [1.82, 2.24) is 14.5 Å². The van der Waals surface area contributed by atoms with E-state index in [9.17, 15) is 0 Å². The number of anilines is 2. The molecule has 0 aliphatic heterocycles. The Labute approximate surface area is 110 Å². The minimum absolute atomic E-state index is 0.194. The Kier molecular flexibility index (Phi) is 2.41. The smallest absolute Gasteiger partial charge is 0.224 e. The summed E-state index contributed by atoms with van der Waals surface area (Å²) in [5.41, 5.74) is 15.7. The monoisotopic (exact) mass is 253 g/mol. The summed E-state index contributed by atoms with van der Waals surface area (Å²) in [6.07, 6.45) is 0. The summed E-state index contributed by atoms with van der Waals surface area (Å²) in [6, 6.07) is 10.0. The highest BCUT2D eigenvalue weighted by molar-refractivity contribution is 5.93. The van der Waals surface area contributed by atoms with Crippen LogP contribution in [-0.4, -0.2) is 14.5 Å². The van der Waals surface area contributed by atoms with E-state index in [1.165, 1.54) is 0 Å². The molecule has 0 fully saturated rings. The van der Waals surface area contributed by atoms with Gasteiger partial charge < -0.3 is 11.5 Å². The van der Waals surface area contributed by atoms with Crippen LogP contribution in [0.15, 0.2) is 30.3 Å². The van der Waals surface area contributed by atoms with Crippen molar-refractivity contribution in [3.8, 4) is 5.69 Å². The third-order valence-corrected chi connectivity index (χ3v) is 3.41. The van der Waals surface area contributed by atoms with E-state index in [1.807, 2.05) is 44.2 Å². The molecule has 2 aromatic heterocycles. The second-order valence-electron chi connectivity index (χ2n) is 4.55. The number of hydrogen-bond acceptors (Lipinski definition) is 4. The lowest BCUT2D eigenvalue weighted by Crippen LogP contribution is -2.03. The second kappa shape index (κ2) is 3.98. The number of nitrogens with zero attached hydrogens (tertiary/aromatic N) is 3. The fraction of sp³-hybridized carbons (Fsp3) is 0.143. The van der Waals surface area contributed by atoms with Gasteiger partial charge in [0.1, 0.15) is 5.82 Å². The molecule has 0 saturated heterocycles. The molecule has 3 rings (SSSR count). The molecule has 96 valence electrons. The predicted octanol–water partition coefficient (Wildman–Crippen LogP) is 2.20. The Morgan fingerprint density at radius 2 is 1.68 bits per heavy atom. The molecule has 1 aromatic carbocycles. The fourth-order valence-corrected chi connectivity index (χ4v) is 2.41. The van der Waals surface area contributed by atoms with Gasteiger partial charge in [0.05, 0.1) is 5.39 Å². The lowest BCUT2D eigenvalue weighted by Gasteiger charge is -2.07. The lowest BCUT2D eigenvalue weighted by molar-refractivity contribution is 1.02. The van der Waals surface area contributed by atoms with Crippen LogP contribution < -0.4 is 11.5 Å². The summed E-state index contributed by atoms with van der Waals surface area (Å²) < 4.78 is 2.05. The molecule has 19 heavy (non-hydrogen) atoms. The quantitative estimate of drug-likeness (QED) is 0.696. The van der Waals surface area contributed by atoms with Crippen molar-refractivity contribution in [3.05, 3.63) is 41.6 Å². The lowest BCUT2D eigenvalue weighted by atomic mass is 10.2. The van der Waals surface area contributed by atoms with Gasteiger partial charge in [0.25, 0.3) is 0 Å². The fourth-order valence-electron chi connectivity index (χ4n) is 2.41. The van der Waals surface area contributed by atoms with Crippen LogP contribution in [0.3, 0.4) is 0 Å². The first-order chi connectivity index (χ1) is 9.09. The molecule has 5 nitrogen and oxygen atoms in total. The Balaban J connectivity index is 2.46. The molecule has 0 bridgehead atoms. The van der Waals surface area contributed by atoms with Gasteiger partial charge in [0.2, 0.25) is 5.95 Å². The zero-order valence-corrected chi connectivity index (χ0v) is 10.9. The van der Waals surface area contributed by atoms with Gasteiger partial charge >= 0.3 is 0 Å². The summed E-state index contributed by atoms with van der Waals surface area (Å²) >= 11 is 0. The van der Waals surface area contributed by atoms with Gasteiger partial charge in [-0.05, 0) is 31.5 Å². The third kappa shape index (κ3) is 1.62. The molecular formula is C14H15N5. The van der Waals surface area contributed by atoms with Gasteiger partial charge in [-0.15, -0.1) is 0 Å². The molecule has 0 amide bonds. The summed E-state index contributed by atoms with van der Waals surface area (Å²) in [5, 5.41) is 0.871. The highest BCUT2D eigenvalue weighted by atomic mass is 15.1. The molecule has 2 heterocycles. The molecule has 5 heteroatoms. The van der Waals surface area contributed by atoms with Crippen molar-refractivity contribution in [3.63, 3.8) is 0 Å². The zero-order chi connectivity index (χ0) is 13.6. The number of hydrogen-bond donors (Lipinski definition) is 2. The standard InChI is InChI=1S/C14H15N5/c1-8-9(2)19(10-6-4-3-5-7-10)13-11(8)12(15)17-14(16)18-13/h3-7H,1-2H3,(H4,15,16,17,18). The maximum Gasteiger partial charge on any atom is 0.224 e. The van der Waals surface area contributed by atoms with Crippen molar-refractivity contribution in [2.45, 2.75) is 13.8 Å². The highest BCUT2D eigenvalue weighted by Crippen LogP contribution is 2.30. The molecule has 0 radical (unpaired) electrons. The minimum atomic E-state index is 0.194. The van der Waals surface area contributed by atoms with E-state index in [0.717, 1.165) is 28.0 Å². The molecule has 0 aliphatic carbocycles. The van der Waals surface area contributed by atoms with E-state index in [4.69, 9.17) is 11.5 Å². The summed E-state index contributed by atoms with van der Waals surface area (Å²) in [5.74, 6) is 0.623. The van der Waals surface area contributed by atoms with E-state index in [-0.39, 0.29) is 5.95 Å². The number of aromatic nitrogens is 3. The van der Waals surface area contributed by atoms with Crippen LogP contribution in [0.1, 0.15) is 11.3 Å². The van der Waals surface area contributed by atoms with Gasteiger partial charge in [-0.25, -0.2) is 0 Å². The van der Waals surface area contributed by atoms with Gasteiger partial charge in [-0.1, -0.05) is 18.2 Å². The summed E-state index contributed by atoms with van der Waals surface area (Å²) in [6.45, 7) is 4.06. The normalized spacial score (nSPS) is 11.1. The number of rotatable bonds is 1. The van der Waals surface area contributed by atoms with E-state index < -0.39 is 0 Å². The van der Waals surface area contributed by atoms with Crippen molar-refractivity contribution >= 4 is 22.8 Å². The number of fused-ring (bicyclic) bond motifs is 1. The van der Waals surface area contributed by atoms with Crippen molar-refractivity contribution in [1.29, 1.82) is 0 Å². The topological polar surface area (TPSA) is 82.8 Å². The van der Waals surface area contributed by atoms with Gasteiger partial charge in [0, 0.05) is 11.4 Å². The van der Waals surface area contributed by atoms with Crippen LogP contribution in [0.25, 0.3) is 16.7 Å². The van der Waals surface area contributed by atoms with Crippen LogP contribution >= 0.6 is 0 Å². The van der Waals surface area contributed by atoms with E-state index in [1.54, 1.807) is 0 Å². The number of aryl methyl sites for hydroxylation is 1. The maximum atomic E-state index is 5.97. The van der Waals surface area contributed by atoms with Gasteiger partial charge in [-0.2, -0.15) is 9.97 Å². The Hall–Kier alpha value is -2.56. The zero-order valence-electron chi connectivity index (χ0n) is 10.9. The Morgan fingerprint density at radius 1 is 1.00 bits per heavy atom. The Bertz CT molecular complexity index is 759. The molecule has 0 saturated carbocycles. The Morgan fingerprint density at radius 3 is 2.37 bits per heavy atom. The van der Waals surface area contributed by atoms with E-state index in [0.29, 0.717) is 5.82 Å². The van der Waals surface area contributed by atoms with E-state index >= 15 is 0 Å². The second-order valence-corrected chi connectivity index (χ2v) is 4.55. The molecule has 4 N–H and O–H groups in total. The molecule has 3 aromatic rings. The van der Waals surface area contributed by atoms with Gasteiger partial charge in [0.15, 0.2) is 5.65 Å².